The minimum atomic E-state index is -0.405. The Hall–Kier alpha value is -2.33. The van der Waals surface area contributed by atoms with Gasteiger partial charge < -0.3 is 10.1 Å². The van der Waals surface area contributed by atoms with E-state index in [1.807, 2.05) is 6.92 Å². The van der Waals surface area contributed by atoms with Gasteiger partial charge in [-0.15, -0.1) is 0 Å². The van der Waals surface area contributed by atoms with Gasteiger partial charge in [0.1, 0.15) is 11.6 Å². The molecule has 0 saturated carbocycles. The highest BCUT2D eigenvalue weighted by molar-refractivity contribution is 6.33. The molecule has 22 heavy (non-hydrogen) atoms. The second kappa shape index (κ2) is 7.61. The summed E-state index contributed by atoms with van der Waals surface area (Å²) < 4.78 is 18.4. The number of anilines is 1. The van der Waals surface area contributed by atoms with Crippen LogP contribution in [0.1, 0.15) is 17.3 Å². The number of hydrogen-bond acceptors (Lipinski definition) is 3. The van der Waals surface area contributed by atoms with E-state index in [9.17, 15) is 9.18 Å². The number of ether oxygens (including phenoxy) is 1. The summed E-state index contributed by atoms with van der Waals surface area (Å²) in [5, 5.41) is 3.16. The molecule has 0 radical (unpaired) electrons. The van der Waals surface area contributed by atoms with E-state index in [2.05, 4.69) is 5.32 Å². The highest BCUT2D eigenvalue weighted by Crippen LogP contribution is 2.22. The van der Waals surface area contributed by atoms with Gasteiger partial charge in [0.25, 0.3) is 0 Å². The van der Waals surface area contributed by atoms with Crippen LogP contribution in [0.25, 0.3) is 0 Å². The highest BCUT2D eigenvalue weighted by Gasteiger charge is 2.03. The third kappa shape index (κ3) is 4.33. The van der Waals surface area contributed by atoms with Crippen LogP contribution in [-0.4, -0.2) is 12.4 Å². The second-order valence-corrected chi connectivity index (χ2v) is 4.83. The first-order chi connectivity index (χ1) is 10.6. The summed E-state index contributed by atoms with van der Waals surface area (Å²) in [7, 11) is 0. The van der Waals surface area contributed by atoms with Gasteiger partial charge in [-0.2, -0.15) is 0 Å². The van der Waals surface area contributed by atoms with E-state index in [4.69, 9.17) is 16.3 Å². The zero-order valence-corrected chi connectivity index (χ0v) is 12.7. The van der Waals surface area contributed by atoms with E-state index in [-0.39, 0.29) is 5.78 Å². The minimum absolute atomic E-state index is 0.178. The SMILES string of the molecule is CCOc1ccc(C(=O)/C=C/Nc2cc(F)ccc2Cl)cc1. The molecular formula is C17H15ClFNO2. The molecule has 0 aliphatic heterocycles. The van der Waals surface area contributed by atoms with Crippen molar-refractivity contribution in [2.45, 2.75) is 6.92 Å². The van der Waals surface area contributed by atoms with Gasteiger partial charge in [0.05, 0.1) is 17.3 Å². The van der Waals surface area contributed by atoms with E-state index < -0.39 is 5.82 Å². The van der Waals surface area contributed by atoms with E-state index in [0.717, 1.165) is 0 Å². The van der Waals surface area contributed by atoms with E-state index >= 15 is 0 Å². The third-order valence-electron chi connectivity index (χ3n) is 2.85. The molecule has 0 aliphatic rings. The van der Waals surface area contributed by atoms with Gasteiger partial charge in [-0.05, 0) is 49.4 Å². The Bertz CT molecular complexity index is 684. The lowest BCUT2D eigenvalue weighted by atomic mass is 10.1. The van der Waals surface area contributed by atoms with Crippen molar-refractivity contribution < 1.29 is 13.9 Å². The fourth-order valence-corrected chi connectivity index (χ4v) is 1.97. The lowest BCUT2D eigenvalue weighted by molar-refractivity contribution is 0.104. The fourth-order valence-electron chi connectivity index (χ4n) is 1.79. The molecule has 0 atom stereocenters. The van der Waals surface area contributed by atoms with Crippen molar-refractivity contribution in [3.8, 4) is 5.75 Å². The molecule has 0 heterocycles. The second-order valence-electron chi connectivity index (χ2n) is 4.42. The van der Waals surface area contributed by atoms with Crippen molar-refractivity contribution >= 4 is 23.1 Å². The van der Waals surface area contributed by atoms with Crippen molar-refractivity contribution in [1.82, 2.24) is 0 Å². The van der Waals surface area contributed by atoms with Crippen LogP contribution < -0.4 is 10.1 Å². The Morgan fingerprint density at radius 3 is 2.68 bits per heavy atom. The summed E-state index contributed by atoms with van der Waals surface area (Å²) in [6, 6.07) is 10.8. The quantitative estimate of drug-likeness (QED) is 0.620. The Labute approximate surface area is 133 Å². The van der Waals surface area contributed by atoms with Crippen molar-refractivity contribution in [3.63, 3.8) is 0 Å². The van der Waals surface area contributed by atoms with Crippen LogP contribution in [-0.2, 0) is 0 Å². The molecule has 114 valence electrons. The standard InChI is InChI=1S/C17H15ClFNO2/c1-2-22-14-6-3-12(4-7-14)17(21)9-10-20-16-11-13(19)5-8-15(16)18/h3-11,20H,2H2,1H3/b10-9+. The van der Waals surface area contributed by atoms with Crippen molar-refractivity contribution in [1.29, 1.82) is 0 Å². The summed E-state index contributed by atoms with van der Waals surface area (Å²) >= 11 is 5.91. The lowest BCUT2D eigenvalue weighted by Gasteiger charge is -2.04. The first-order valence-corrected chi connectivity index (χ1v) is 7.13. The van der Waals surface area contributed by atoms with Crippen molar-refractivity contribution in [3.05, 3.63) is 71.1 Å². The van der Waals surface area contributed by atoms with Gasteiger partial charge in [0, 0.05) is 17.8 Å². The maximum absolute atomic E-state index is 13.1. The van der Waals surface area contributed by atoms with Crippen LogP contribution in [0.5, 0.6) is 5.75 Å². The third-order valence-corrected chi connectivity index (χ3v) is 3.18. The molecule has 0 amide bonds. The zero-order valence-electron chi connectivity index (χ0n) is 12.0. The largest absolute Gasteiger partial charge is 0.494 e. The molecule has 1 N–H and O–H groups in total. The van der Waals surface area contributed by atoms with E-state index in [0.29, 0.717) is 28.6 Å². The van der Waals surface area contributed by atoms with Crippen LogP contribution in [0.15, 0.2) is 54.7 Å². The molecule has 3 nitrogen and oxygen atoms in total. The number of allylic oxidation sites excluding steroid dienone is 1. The van der Waals surface area contributed by atoms with Crippen LogP contribution in [0, 0.1) is 5.82 Å². The molecular weight excluding hydrogens is 305 g/mol. The number of carbonyl (C=O) groups excluding carboxylic acids is 1. The Morgan fingerprint density at radius 2 is 2.00 bits per heavy atom. The predicted molar refractivity (Wildman–Crippen MR) is 86.1 cm³/mol. The molecule has 0 fully saturated rings. The molecule has 2 aromatic carbocycles. The summed E-state index contributed by atoms with van der Waals surface area (Å²) in [4.78, 5) is 12.0. The number of benzene rings is 2. The number of carbonyl (C=O) groups is 1. The fraction of sp³-hybridized carbons (Fsp3) is 0.118. The Balaban J connectivity index is 2.00. The molecule has 0 saturated heterocycles. The van der Waals surface area contributed by atoms with Gasteiger partial charge in [0.2, 0.25) is 0 Å². The van der Waals surface area contributed by atoms with Crippen LogP contribution >= 0.6 is 11.6 Å². The average molecular weight is 320 g/mol. The molecule has 2 aromatic rings. The van der Waals surface area contributed by atoms with Gasteiger partial charge in [0.15, 0.2) is 5.78 Å². The molecule has 0 spiro atoms. The minimum Gasteiger partial charge on any atom is -0.494 e. The van der Waals surface area contributed by atoms with Gasteiger partial charge in [-0.25, -0.2) is 4.39 Å². The van der Waals surface area contributed by atoms with Crippen LogP contribution in [0.2, 0.25) is 5.02 Å². The van der Waals surface area contributed by atoms with Crippen molar-refractivity contribution in [2.24, 2.45) is 0 Å². The topological polar surface area (TPSA) is 38.3 Å². The zero-order chi connectivity index (χ0) is 15.9. The van der Waals surface area contributed by atoms with Crippen molar-refractivity contribution in [2.75, 3.05) is 11.9 Å². The maximum Gasteiger partial charge on any atom is 0.187 e. The molecule has 2 rings (SSSR count). The summed E-state index contributed by atoms with van der Waals surface area (Å²) in [5.41, 5.74) is 0.934. The number of nitrogens with one attached hydrogen (secondary N) is 1. The number of ketones is 1. The monoisotopic (exact) mass is 319 g/mol. The predicted octanol–water partition coefficient (Wildman–Crippen LogP) is 4.69. The molecule has 0 bridgehead atoms. The first-order valence-electron chi connectivity index (χ1n) is 6.75. The highest BCUT2D eigenvalue weighted by atomic mass is 35.5. The number of halogens is 2. The molecule has 5 heteroatoms. The van der Waals surface area contributed by atoms with E-state index in [1.54, 1.807) is 24.3 Å². The van der Waals surface area contributed by atoms with Crippen LogP contribution in [0.4, 0.5) is 10.1 Å². The average Bonchev–Trinajstić information content (AvgIpc) is 2.51. The normalized spacial score (nSPS) is 10.7. The summed E-state index contributed by atoms with van der Waals surface area (Å²) in [5.74, 6) is 0.133. The maximum atomic E-state index is 13.1. The summed E-state index contributed by atoms with van der Waals surface area (Å²) in [6.45, 7) is 2.47. The van der Waals surface area contributed by atoms with Gasteiger partial charge >= 0.3 is 0 Å². The Morgan fingerprint density at radius 1 is 1.27 bits per heavy atom. The number of rotatable bonds is 6. The lowest BCUT2D eigenvalue weighted by Crippen LogP contribution is -1.97. The van der Waals surface area contributed by atoms with Gasteiger partial charge in [-0.3, -0.25) is 4.79 Å². The van der Waals surface area contributed by atoms with Crippen LogP contribution in [0.3, 0.4) is 0 Å². The molecule has 0 aromatic heterocycles. The van der Waals surface area contributed by atoms with E-state index in [1.165, 1.54) is 30.5 Å². The Kier molecular flexibility index (Phi) is 5.55. The first kappa shape index (κ1) is 16.0. The summed E-state index contributed by atoms with van der Waals surface area (Å²) in [6.07, 6.45) is 2.79. The smallest absolute Gasteiger partial charge is 0.187 e. The molecule has 0 aliphatic carbocycles. The molecule has 0 unspecified atom stereocenters. The van der Waals surface area contributed by atoms with Gasteiger partial charge in [-0.1, -0.05) is 11.6 Å². The number of hydrogen-bond donors (Lipinski definition) is 1.